The first kappa shape index (κ1) is 10.6. The zero-order valence-corrected chi connectivity index (χ0v) is 9.37. The van der Waals surface area contributed by atoms with E-state index in [1.165, 1.54) is 32.1 Å². The Bertz CT molecular complexity index is 312. The monoisotopic (exact) mass is 226 g/mol. The lowest BCUT2D eigenvalue weighted by Crippen LogP contribution is -2.08. The molecule has 2 rings (SSSR count). The van der Waals surface area contributed by atoms with Gasteiger partial charge in [0.25, 0.3) is 0 Å². The summed E-state index contributed by atoms with van der Waals surface area (Å²) >= 11 is 5.63. The smallest absolute Gasteiger partial charge is 0.244 e. The molecule has 0 aromatic carbocycles. The number of nitrogens with one attached hydrogen (secondary N) is 1. The largest absolute Gasteiger partial charge is 0.369 e. The molecule has 0 bridgehead atoms. The summed E-state index contributed by atoms with van der Waals surface area (Å²) in [7, 11) is 0. The molecule has 82 valence electrons. The Morgan fingerprint density at radius 2 is 2.20 bits per heavy atom. The molecule has 15 heavy (non-hydrogen) atoms. The fraction of sp³-hybridized carbons (Fsp3) is 0.700. The number of aromatic nitrogens is 3. The highest BCUT2D eigenvalue weighted by Gasteiger charge is 2.14. The maximum Gasteiger partial charge on any atom is 0.244 e. The molecule has 1 aromatic heterocycles. The number of nitrogens with zero attached hydrogens (tertiary/aromatic N) is 3. The average molecular weight is 227 g/mol. The predicted octanol–water partition coefficient (Wildman–Crippen LogP) is 2.52. The van der Waals surface area contributed by atoms with Crippen molar-refractivity contribution in [1.82, 2.24) is 15.2 Å². The summed E-state index contributed by atoms with van der Waals surface area (Å²) in [5.74, 6) is 1.61. The third-order valence-electron chi connectivity index (χ3n) is 2.87. The predicted molar refractivity (Wildman–Crippen MR) is 59.9 cm³/mol. The summed E-state index contributed by atoms with van der Waals surface area (Å²) in [6.45, 7) is 0.944. The van der Waals surface area contributed by atoms with Gasteiger partial charge in [0.2, 0.25) is 5.28 Å². The maximum atomic E-state index is 5.63. The van der Waals surface area contributed by atoms with Gasteiger partial charge in [-0.1, -0.05) is 25.7 Å². The van der Waals surface area contributed by atoms with E-state index < -0.39 is 0 Å². The second-order valence-corrected chi connectivity index (χ2v) is 4.31. The third-order valence-corrected chi connectivity index (χ3v) is 3.03. The van der Waals surface area contributed by atoms with Crippen LogP contribution < -0.4 is 5.32 Å². The van der Waals surface area contributed by atoms with E-state index >= 15 is 0 Å². The normalized spacial score (nSPS) is 16.9. The van der Waals surface area contributed by atoms with E-state index in [1.54, 1.807) is 6.20 Å². The molecule has 4 nitrogen and oxygen atoms in total. The Hall–Kier alpha value is -0.900. The summed E-state index contributed by atoms with van der Waals surface area (Å²) in [4.78, 5) is 4.02. The van der Waals surface area contributed by atoms with E-state index in [0.29, 0.717) is 5.82 Å². The van der Waals surface area contributed by atoms with E-state index in [1.807, 2.05) is 0 Å². The van der Waals surface area contributed by atoms with E-state index in [-0.39, 0.29) is 5.28 Å². The molecule has 0 radical (unpaired) electrons. The van der Waals surface area contributed by atoms with Crippen LogP contribution in [0.4, 0.5) is 5.82 Å². The Balaban J connectivity index is 1.73. The molecular formula is C10H15ClN4. The van der Waals surface area contributed by atoms with Crippen LogP contribution in [-0.4, -0.2) is 21.7 Å². The lowest BCUT2D eigenvalue weighted by atomic mass is 10.0. The van der Waals surface area contributed by atoms with Crippen molar-refractivity contribution in [2.75, 3.05) is 11.9 Å². The minimum atomic E-state index is 0.195. The summed E-state index contributed by atoms with van der Waals surface area (Å²) in [6.07, 6.45) is 8.36. The second kappa shape index (κ2) is 5.26. The first-order valence-electron chi connectivity index (χ1n) is 5.43. The quantitative estimate of drug-likeness (QED) is 0.857. The van der Waals surface area contributed by atoms with Gasteiger partial charge in [0.15, 0.2) is 0 Å². The lowest BCUT2D eigenvalue weighted by Gasteiger charge is -2.09. The van der Waals surface area contributed by atoms with Crippen molar-refractivity contribution in [3.05, 3.63) is 11.5 Å². The van der Waals surface area contributed by atoms with Crippen LogP contribution in [0, 0.1) is 5.92 Å². The van der Waals surface area contributed by atoms with Gasteiger partial charge in [0.05, 0.1) is 6.20 Å². The Morgan fingerprint density at radius 3 is 2.93 bits per heavy atom. The molecule has 0 unspecified atom stereocenters. The van der Waals surface area contributed by atoms with Crippen molar-refractivity contribution in [1.29, 1.82) is 0 Å². The van der Waals surface area contributed by atoms with Gasteiger partial charge in [0, 0.05) is 6.54 Å². The van der Waals surface area contributed by atoms with Crippen molar-refractivity contribution in [2.24, 2.45) is 5.92 Å². The fourth-order valence-electron chi connectivity index (χ4n) is 2.07. The molecular weight excluding hydrogens is 212 g/mol. The SMILES string of the molecule is Clc1nncc(NCCC2CCCC2)n1. The third kappa shape index (κ3) is 3.30. The van der Waals surface area contributed by atoms with Gasteiger partial charge >= 0.3 is 0 Å². The van der Waals surface area contributed by atoms with E-state index in [9.17, 15) is 0 Å². The molecule has 0 atom stereocenters. The molecule has 1 heterocycles. The van der Waals surface area contributed by atoms with Gasteiger partial charge < -0.3 is 5.32 Å². The van der Waals surface area contributed by atoms with Crippen LogP contribution >= 0.6 is 11.6 Å². The Labute approximate surface area is 94.5 Å². The topological polar surface area (TPSA) is 50.7 Å². The van der Waals surface area contributed by atoms with Gasteiger partial charge in [-0.15, -0.1) is 5.10 Å². The number of anilines is 1. The van der Waals surface area contributed by atoms with Crippen LogP contribution in [-0.2, 0) is 0 Å². The Morgan fingerprint density at radius 1 is 1.40 bits per heavy atom. The molecule has 0 amide bonds. The van der Waals surface area contributed by atoms with Gasteiger partial charge in [-0.2, -0.15) is 10.1 Å². The van der Waals surface area contributed by atoms with E-state index in [2.05, 4.69) is 20.5 Å². The number of hydrogen-bond acceptors (Lipinski definition) is 4. The van der Waals surface area contributed by atoms with Crippen LogP contribution in [0.15, 0.2) is 6.20 Å². The minimum absolute atomic E-state index is 0.195. The standard InChI is InChI=1S/C10H15ClN4/c11-10-14-9(7-13-15-10)12-6-5-8-3-1-2-4-8/h7-8H,1-6H2,(H,12,14,15). The molecule has 1 saturated carbocycles. The second-order valence-electron chi connectivity index (χ2n) is 3.98. The van der Waals surface area contributed by atoms with Gasteiger partial charge in [-0.05, 0) is 23.9 Å². The minimum Gasteiger partial charge on any atom is -0.369 e. The molecule has 1 aromatic rings. The fourth-order valence-corrected chi connectivity index (χ4v) is 2.21. The zero-order chi connectivity index (χ0) is 10.5. The van der Waals surface area contributed by atoms with Crippen LogP contribution in [0.1, 0.15) is 32.1 Å². The van der Waals surface area contributed by atoms with Gasteiger partial charge in [-0.3, -0.25) is 0 Å². The summed E-state index contributed by atoms with van der Waals surface area (Å²) in [5.41, 5.74) is 0. The first-order chi connectivity index (χ1) is 7.34. The molecule has 1 N–H and O–H groups in total. The van der Waals surface area contributed by atoms with Crippen molar-refractivity contribution >= 4 is 17.4 Å². The maximum absolute atomic E-state index is 5.63. The summed E-state index contributed by atoms with van der Waals surface area (Å²) in [5, 5.41) is 10.7. The number of rotatable bonds is 4. The van der Waals surface area contributed by atoms with Crippen LogP contribution in [0.2, 0.25) is 5.28 Å². The van der Waals surface area contributed by atoms with E-state index in [0.717, 1.165) is 12.5 Å². The molecule has 0 saturated heterocycles. The van der Waals surface area contributed by atoms with Crippen LogP contribution in [0.5, 0.6) is 0 Å². The van der Waals surface area contributed by atoms with Gasteiger partial charge in [-0.25, -0.2) is 0 Å². The molecule has 1 aliphatic rings. The highest BCUT2D eigenvalue weighted by atomic mass is 35.5. The summed E-state index contributed by atoms with van der Waals surface area (Å²) in [6, 6.07) is 0. The van der Waals surface area contributed by atoms with Gasteiger partial charge in [0.1, 0.15) is 5.82 Å². The molecule has 5 heteroatoms. The molecule has 0 aliphatic heterocycles. The summed E-state index contributed by atoms with van der Waals surface area (Å²) < 4.78 is 0. The highest BCUT2D eigenvalue weighted by molar-refractivity contribution is 6.28. The molecule has 0 spiro atoms. The number of hydrogen-bond donors (Lipinski definition) is 1. The average Bonchev–Trinajstić information content (AvgIpc) is 2.71. The van der Waals surface area contributed by atoms with Crippen molar-refractivity contribution < 1.29 is 0 Å². The van der Waals surface area contributed by atoms with Crippen LogP contribution in [0.3, 0.4) is 0 Å². The van der Waals surface area contributed by atoms with Crippen molar-refractivity contribution in [3.63, 3.8) is 0 Å². The Kier molecular flexibility index (Phi) is 3.72. The zero-order valence-electron chi connectivity index (χ0n) is 8.62. The highest BCUT2D eigenvalue weighted by Crippen LogP contribution is 2.27. The first-order valence-corrected chi connectivity index (χ1v) is 5.81. The van der Waals surface area contributed by atoms with E-state index in [4.69, 9.17) is 11.6 Å². The van der Waals surface area contributed by atoms with Crippen molar-refractivity contribution in [2.45, 2.75) is 32.1 Å². The molecule has 1 fully saturated rings. The molecule has 1 aliphatic carbocycles. The van der Waals surface area contributed by atoms with Crippen LogP contribution in [0.25, 0.3) is 0 Å². The number of halogens is 1. The van der Waals surface area contributed by atoms with Crippen molar-refractivity contribution in [3.8, 4) is 0 Å². The lowest BCUT2D eigenvalue weighted by molar-refractivity contribution is 0.518.